The van der Waals surface area contributed by atoms with Crippen molar-refractivity contribution in [3.05, 3.63) is 88.0 Å². The Morgan fingerprint density at radius 1 is 0.862 bits per heavy atom. The molecule has 1 aliphatic carbocycles. The molecule has 0 bridgehead atoms. The highest BCUT2D eigenvalue weighted by atomic mass is 79.9. The highest BCUT2D eigenvalue weighted by molar-refractivity contribution is 9.10. The van der Waals surface area contributed by atoms with Crippen LogP contribution >= 0.6 is 15.9 Å². The van der Waals surface area contributed by atoms with E-state index in [1.165, 1.54) is 0 Å². The van der Waals surface area contributed by atoms with Crippen LogP contribution < -0.4 is 4.90 Å². The van der Waals surface area contributed by atoms with Gasteiger partial charge in [0.25, 0.3) is 0 Å². The van der Waals surface area contributed by atoms with Crippen molar-refractivity contribution in [2.75, 3.05) is 4.90 Å². The Kier molecular flexibility index (Phi) is 4.59. The van der Waals surface area contributed by atoms with Crippen molar-refractivity contribution in [3.8, 4) is 0 Å². The smallest absolute Gasteiger partial charge is 0.232 e. The van der Waals surface area contributed by atoms with E-state index in [4.69, 9.17) is 0 Å². The molecule has 0 fully saturated rings. The lowest BCUT2D eigenvalue weighted by Crippen LogP contribution is -2.40. The lowest BCUT2D eigenvalue weighted by Gasteiger charge is -2.39. The van der Waals surface area contributed by atoms with Crippen molar-refractivity contribution in [2.45, 2.75) is 31.6 Å². The number of carbonyl (C=O) groups is 2. The second kappa shape index (κ2) is 7.27. The van der Waals surface area contributed by atoms with Gasteiger partial charge in [-0.2, -0.15) is 0 Å². The average molecular weight is 446 g/mol. The van der Waals surface area contributed by atoms with Gasteiger partial charge in [-0.3, -0.25) is 14.5 Å². The highest BCUT2D eigenvalue weighted by Crippen LogP contribution is 2.45. The van der Waals surface area contributed by atoms with Gasteiger partial charge in [-0.05, 0) is 57.2 Å². The van der Waals surface area contributed by atoms with Crippen LogP contribution in [0.1, 0.15) is 37.2 Å². The maximum absolute atomic E-state index is 13.4. The molecule has 2 aliphatic rings. The van der Waals surface area contributed by atoms with Gasteiger partial charge in [0.1, 0.15) is 0 Å². The Morgan fingerprint density at radius 2 is 1.62 bits per heavy atom. The number of amides is 1. The topological polar surface area (TPSA) is 37.4 Å². The van der Waals surface area contributed by atoms with Crippen molar-refractivity contribution >= 4 is 44.1 Å². The van der Waals surface area contributed by atoms with E-state index >= 15 is 0 Å². The van der Waals surface area contributed by atoms with Gasteiger partial charge >= 0.3 is 0 Å². The van der Waals surface area contributed by atoms with E-state index in [9.17, 15) is 9.59 Å². The third kappa shape index (κ3) is 3.03. The minimum absolute atomic E-state index is 0.0447. The summed E-state index contributed by atoms with van der Waals surface area (Å²) in [6.07, 6.45) is 2.39. The van der Waals surface area contributed by atoms with Crippen LogP contribution in [0.4, 0.5) is 5.69 Å². The molecule has 3 aromatic rings. The summed E-state index contributed by atoms with van der Waals surface area (Å²) in [4.78, 5) is 28.3. The number of hydrogen-bond donors (Lipinski definition) is 0. The molecule has 1 aliphatic heterocycles. The largest absolute Gasteiger partial charge is 0.294 e. The van der Waals surface area contributed by atoms with Gasteiger partial charge in [0.2, 0.25) is 5.91 Å². The number of para-hydroxylation sites is 1. The maximum atomic E-state index is 13.4. The molecule has 4 heteroatoms. The normalized spacial score (nSPS) is 19.6. The molecule has 0 aromatic heterocycles. The summed E-state index contributed by atoms with van der Waals surface area (Å²) in [6.45, 7) is 0. The lowest BCUT2D eigenvalue weighted by molar-refractivity contribution is -0.119. The van der Waals surface area contributed by atoms with E-state index in [-0.39, 0.29) is 17.6 Å². The van der Waals surface area contributed by atoms with Crippen LogP contribution in [0, 0.1) is 0 Å². The summed E-state index contributed by atoms with van der Waals surface area (Å²) < 4.78 is 0.863. The van der Waals surface area contributed by atoms with Gasteiger partial charge in [0, 0.05) is 34.5 Å². The van der Waals surface area contributed by atoms with Crippen molar-refractivity contribution in [3.63, 3.8) is 0 Å². The van der Waals surface area contributed by atoms with Crippen LogP contribution in [0.15, 0.2) is 82.5 Å². The van der Waals surface area contributed by atoms with Crippen molar-refractivity contribution in [2.24, 2.45) is 0 Å². The zero-order valence-corrected chi connectivity index (χ0v) is 17.5. The number of anilines is 1. The van der Waals surface area contributed by atoms with Gasteiger partial charge in [0.15, 0.2) is 5.78 Å². The van der Waals surface area contributed by atoms with Gasteiger partial charge in [-0.1, -0.05) is 54.6 Å². The van der Waals surface area contributed by atoms with E-state index < -0.39 is 0 Å². The van der Waals surface area contributed by atoms with Crippen LogP contribution in [0.2, 0.25) is 0 Å². The third-order valence-corrected chi connectivity index (χ3v) is 6.64. The van der Waals surface area contributed by atoms with Crippen molar-refractivity contribution in [1.82, 2.24) is 0 Å². The average Bonchev–Trinajstić information content (AvgIpc) is 2.74. The Bertz CT molecular complexity index is 1170. The Morgan fingerprint density at radius 3 is 2.48 bits per heavy atom. The molecule has 144 valence electrons. The minimum Gasteiger partial charge on any atom is -0.294 e. The first-order chi connectivity index (χ1) is 14.1. The Balaban J connectivity index is 1.73. The van der Waals surface area contributed by atoms with Crippen LogP contribution in [0.3, 0.4) is 0 Å². The molecule has 1 unspecified atom stereocenters. The lowest BCUT2D eigenvalue weighted by atomic mass is 9.76. The fraction of sp³-hybridized carbons (Fsp3) is 0.200. The predicted molar refractivity (Wildman–Crippen MR) is 119 cm³/mol. The second-order valence-electron chi connectivity index (χ2n) is 7.64. The van der Waals surface area contributed by atoms with Crippen LogP contribution in [-0.2, 0) is 9.59 Å². The standard InChI is InChI=1S/C25H20BrNO2/c26-20-11-3-4-12-21(20)27-22-13-6-14-23(28)25(22)19(15-24(27)29)18-10-5-8-16-7-1-2-9-17(16)18/h1-5,7-12,19H,6,13-15H2. The first kappa shape index (κ1) is 18.3. The Labute approximate surface area is 178 Å². The van der Waals surface area contributed by atoms with E-state index in [1.807, 2.05) is 42.5 Å². The van der Waals surface area contributed by atoms with Gasteiger partial charge in [-0.15, -0.1) is 0 Å². The summed E-state index contributed by atoms with van der Waals surface area (Å²) in [5, 5.41) is 2.25. The zero-order chi connectivity index (χ0) is 20.0. The number of ketones is 1. The van der Waals surface area contributed by atoms with Crippen molar-refractivity contribution in [1.29, 1.82) is 0 Å². The molecule has 29 heavy (non-hydrogen) atoms. The maximum Gasteiger partial charge on any atom is 0.232 e. The van der Waals surface area contributed by atoms with Gasteiger partial charge in [-0.25, -0.2) is 0 Å². The SMILES string of the molecule is O=C1CCCC2=C1C(c1cccc3ccccc13)CC(=O)N2c1ccccc1Br. The molecular formula is C25H20BrNO2. The summed E-state index contributed by atoms with van der Waals surface area (Å²) in [5.41, 5.74) is 3.59. The molecule has 3 nitrogen and oxygen atoms in total. The number of nitrogens with zero attached hydrogens (tertiary/aromatic N) is 1. The number of halogens is 1. The fourth-order valence-electron chi connectivity index (χ4n) is 4.73. The predicted octanol–water partition coefficient (Wildman–Crippen LogP) is 6.13. The highest BCUT2D eigenvalue weighted by Gasteiger charge is 2.40. The van der Waals surface area contributed by atoms with Crippen LogP contribution in [-0.4, -0.2) is 11.7 Å². The van der Waals surface area contributed by atoms with Crippen LogP contribution in [0.25, 0.3) is 10.8 Å². The summed E-state index contributed by atoms with van der Waals surface area (Å²) in [7, 11) is 0. The third-order valence-electron chi connectivity index (χ3n) is 5.97. The molecule has 0 saturated heterocycles. The van der Waals surface area contributed by atoms with Crippen molar-refractivity contribution < 1.29 is 9.59 Å². The molecule has 0 saturated carbocycles. The summed E-state index contributed by atoms with van der Waals surface area (Å²) in [6, 6.07) is 22.1. The van der Waals surface area contributed by atoms with Gasteiger partial charge < -0.3 is 0 Å². The van der Waals surface area contributed by atoms with E-state index in [0.29, 0.717) is 12.8 Å². The second-order valence-corrected chi connectivity index (χ2v) is 8.50. The first-order valence-electron chi connectivity index (χ1n) is 9.96. The molecule has 1 heterocycles. The van der Waals surface area contributed by atoms with E-state index in [0.717, 1.165) is 50.6 Å². The molecule has 1 atom stereocenters. The van der Waals surface area contributed by atoms with E-state index in [2.05, 4.69) is 40.2 Å². The molecule has 5 rings (SSSR count). The minimum atomic E-state index is -0.185. The molecular weight excluding hydrogens is 426 g/mol. The van der Waals surface area contributed by atoms with Gasteiger partial charge in [0.05, 0.1) is 5.69 Å². The number of allylic oxidation sites excluding steroid dienone is 2. The number of rotatable bonds is 2. The zero-order valence-electron chi connectivity index (χ0n) is 15.9. The first-order valence-corrected chi connectivity index (χ1v) is 10.8. The molecule has 1 amide bonds. The quantitative estimate of drug-likeness (QED) is 0.475. The monoisotopic (exact) mass is 445 g/mol. The fourth-order valence-corrected chi connectivity index (χ4v) is 5.19. The summed E-state index contributed by atoms with van der Waals surface area (Å²) >= 11 is 3.58. The molecule has 0 spiro atoms. The molecule has 3 aromatic carbocycles. The number of fused-ring (bicyclic) bond motifs is 1. The molecule has 0 radical (unpaired) electrons. The summed E-state index contributed by atoms with van der Waals surface area (Å²) in [5.74, 6) is 0.0344. The number of benzene rings is 3. The number of Topliss-reactive ketones (excluding diaryl/α,β-unsaturated/α-hetero) is 1. The van der Waals surface area contributed by atoms with Crippen LogP contribution in [0.5, 0.6) is 0 Å². The van der Waals surface area contributed by atoms with E-state index in [1.54, 1.807) is 4.90 Å². The Hall–Kier alpha value is -2.72. The number of carbonyl (C=O) groups excluding carboxylic acids is 2. The molecule has 0 N–H and O–H groups in total. The number of hydrogen-bond acceptors (Lipinski definition) is 2.